The number of allylic oxidation sites excluding steroid dienone is 2. The zero-order valence-corrected chi connectivity index (χ0v) is 8.36. The molecule has 0 saturated heterocycles. The van der Waals surface area contributed by atoms with Gasteiger partial charge in [0.1, 0.15) is 0 Å². The van der Waals surface area contributed by atoms with Gasteiger partial charge in [0.25, 0.3) is 0 Å². The molecule has 0 aromatic heterocycles. The van der Waals surface area contributed by atoms with Crippen molar-refractivity contribution >= 4 is 0 Å². The second-order valence-corrected chi connectivity index (χ2v) is 3.83. The molecule has 0 aliphatic heterocycles. The van der Waals surface area contributed by atoms with Crippen molar-refractivity contribution in [2.24, 2.45) is 11.8 Å². The normalized spacial score (nSPS) is 15.6. The van der Waals surface area contributed by atoms with E-state index in [4.69, 9.17) is 0 Å². The molecular formula is C10H17F3. The van der Waals surface area contributed by atoms with E-state index in [0.29, 0.717) is 12.3 Å². The lowest BCUT2D eigenvalue weighted by Gasteiger charge is -2.11. The van der Waals surface area contributed by atoms with Crippen molar-refractivity contribution in [2.45, 2.75) is 39.8 Å². The van der Waals surface area contributed by atoms with Crippen molar-refractivity contribution in [1.29, 1.82) is 0 Å². The lowest BCUT2D eigenvalue weighted by atomic mass is 10.0. The van der Waals surface area contributed by atoms with Crippen molar-refractivity contribution in [2.75, 3.05) is 0 Å². The van der Waals surface area contributed by atoms with Crippen LogP contribution >= 0.6 is 0 Å². The van der Waals surface area contributed by atoms with Gasteiger partial charge in [-0.2, -0.15) is 13.2 Å². The van der Waals surface area contributed by atoms with Gasteiger partial charge in [-0.25, -0.2) is 0 Å². The monoisotopic (exact) mass is 194 g/mol. The molecule has 0 aliphatic rings. The summed E-state index contributed by atoms with van der Waals surface area (Å²) in [6.07, 6.45) is -0.424. The smallest absolute Gasteiger partial charge is 0.171 e. The SMILES string of the molecule is CC(C)/C=C/C[C@@H](C)CC(F)(F)F. The first-order valence-corrected chi connectivity index (χ1v) is 4.54. The van der Waals surface area contributed by atoms with Crippen molar-refractivity contribution < 1.29 is 13.2 Å². The van der Waals surface area contributed by atoms with Gasteiger partial charge >= 0.3 is 6.18 Å². The van der Waals surface area contributed by atoms with Gasteiger partial charge < -0.3 is 0 Å². The molecule has 0 bridgehead atoms. The molecule has 0 aromatic carbocycles. The first kappa shape index (κ1) is 12.5. The van der Waals surface area contributed by atoms with Crippen LogP contribution in [0.3, 0.4) is 0 Å². The molecule has 0 radical (unpaired) electrons. The molecule has 0 nitrogen and oxygen atoms in total. The van der Waals surface area contributed by atoms with Gasteiger partial charge in [0.15, 0.2) is 0 Å². The Balaban J connectivity index is 3.69. The van der Waals surface area contributed by atoms with E-state index < -0.39 is 12.6 Å². The molecule has 0 aliphatic carbocycles. The molecule has 0 saturated carbocycles. The summed E-state index contributed by atoms with van der Waals surface area (Å²) < 4.78 is 35.6. The lowest BCUT2D eigenvalue weighted by molar-refractivity contribution is -0.142. The van der Waals surface area contributed by atoms with Gasteiger partial charge in [-0.3, -0.25) is 0 Å². The molecular weight excluding hydrogens is 177 g/mol. The van der Waals surface area contributed by atoms with E-state index in [0.717, 1.165) is 0 Å². The molecule has 3 heteroatoms. The minimum absolute atomic E-state index is 0.310. The highest BCUT2D eigenvalue weighted by Gasteiger charge is 2.29. The molecule has 0 N–H and O–H groups in total. The van der Waals surface area contributed by atoms with Gasteiger partial charge in [-0.15, -0.1) is 0 Å². The zero-order chi connectivity index (χ0) is 10.5. The molecule has 0 aromatic rings. The van der Waals surface area contributed by atoms with Crippen LogP contribution in [-0.2, 0) is 0 Å². The fourth-order valence-electron chi connectivity index (χ4n) is 1.06. The Morgan fingerprint density at radius 2 is 1.69 bits per heavy atom. The second-order valence-electron chi connectivity index (χ2n) is 3.83. The Hall–Kier alpha value is -0.470. The summed E-state index contributed by atoms with van der Waals surface area (Å²) in [6.45, 7) is 5.63. The van der Waals surface area contributed by atoms with E-state index >= 15 is 0 Å². The Morgan fingerprint density at radius 1 is 1.15 bits per heavy atom. The van der Waals surface area contributed by atoms with Gasteiger partial charge in [0.05, 0.1) is 0 Å². The van der Waals surface area contributed by atoms with Gasteiger partial charge in [-0.05, 0) is 18.3 Å². The maximum absolute atomic E-state index is 11.9. The molecule has 0 heterocycles. The Bertz CT molecular complexity index is 156. The number of alkyl halides is 3. The third kappa shape index (κ3) is 9.44. The van der Waals surface area contributed by atoms with E-state index in [9.17, 15) is 13.2 Å². The van der Waals surface area contributed by atoms with Crippen LogP contribution in [-0.4, -0.2) is 6.18 Å². The molecule has 78 valence electrons. The summed E-state index contributed by atoms with van der Waals surface area (Å²) in [5, 5.41) is 0. The maximum atomic E-state index is 11.9. The van der Waals surface area contributed by atoms with Gasteiger partial charge in [0, 0.05) is 6.42 Å². The van der Waals surface area contributed by atoms with Crippen molar-refractivity contribution in [3.63, 3.8) is 0 Å². The average molecular weight is 194 g/mol. The fraction of sp³-hybridized carbons (Fsp3) is 0.800. The predicted octanol–water partition coefficient (Wildman–Crippen LogP) is 4.18. The molecule has 0 unspecified atom stereocenters. The third-order valence-electron chi connectivity index (χ3n) is 1.64. The quantitative estimate of drug-likeness (QED) is 0.589. The molecule has 0 amide bonds. The highest BCUT2D eigenvalue weighted by molar-refractivity contribution is 4.85. The minimum atomic E-state index is -4.02. The molecule has 13 heavy (non-hydrogen) atoms. The van der Waals surface area contributed by atoms with Crippen LogP contribution in [0.15, 0.2) is 12.2 Å². The van der Waals surface area contributed by atoms with Gasteiger partial charge in [-0.1, -0.05) is 32.9 Å². The minimum Gasteiger partial charge on any atom is -0.171 e. The maximum Gasteiger partial charge on any atom is 0.389 e. The molecule has 0 fully saturated rings. The third-order valence-corrected chi connectivity index (χ3v) is 1.64. The first-order valence-electron chi connectivity index (χ1n) is 4.54. The summed E-state index contributed by atoms with van der Waals surface area (Å²) >= 11 is 0. The second kappa shape index (κ2) is 5.30. The zero-order valence-electron chi connectivity index (χ0n) is 8.36. The predicted molar refractivity (Wildman–Crippen MR) is 48.4 cm³/mol. The topological polar surface area (TPSA) is 0 Å². The summed E-state index contributed by atoms with van der Waals surface area (Å²) in [6, 6.07) is 0. The highest BCUT2D eigenvalue weighted by Crippen LogP contribution is 2.26. The number of hydrogen-bond donors (Lipinski definition) is 0. The number of halogens is 3. The van der Waals surface area contributed by atoms with Crippen LogP contribution in [0.25, 0.3) is 0 Å². The van der Waals surface area contributed by atoms with Crippen LogP contribution in [0.4, 0.5) is 13.2 Å². The van der Waals surface area contributed by atoms with E-state index in [1.807, 2.05) is 26.0 Å². The Labute approximate surface area is 77.8 Å². The van der Waals surface area contributed by atoms with Gasteiger partial charge in [0.2, 0.25) is 0 Å². The van der Waals surface area contributed by atoms with E-state index in [1.165, 1.54) is 0 Å². The van der Waals surface area contributed by atoms with Crippen LogP contribution < -0.4 is 0 Å². The highest BCUT2D eigenvalue weighted by atomic mass is 19.4. The van der Waals surface area contributed by atoms with E-state index in [1.54, 1.807) is 6.92 Å². The summed E-state index contributed by atoms with van der Waals surface area (Å²) in [5.74, 6) is 0.105. The van der Waals surface area contributed by atoms with Crippen LogP contribution in [0, 0.1) is 11.8 Å². The van der Waals surface area contributed by atoms with Crippen molar-refractivity contribution in [3.05, 3.63) is 12.2 Å². The molecule has 1 atom stereocenters. The summed E-state index contributed by atoms with van der Waals surface area (Å²) in [7, 11) is 0. The molecule has 0 rings (SSSR count). The summed E-state index contributed by atoms with van der Waals surface area (Å²) in [4.78, 5) is 0. The largest absolute Gasteiger partial charge is 0.389 e. The van der Waals surface area contributed by atoms with Crippen LogP contribution in [0.1, 0.15) is 33.6 Å². The Morgan fingerprint density at radius 3 is 2.08 bits per heavy atom. The number of rotatable bonds is 4. The van der Waals surface area contributed by atoms with E-state index in [-0.39, 0.29) is 5.92 Å². The number of hydrogen-bond acceptors (Lipinski definition) is 0. The standard InChI is InChI=1S/C10H17F3/c1-8(2)5-4-6-9(3)7-10(11,12)13/h4-5,8-9H,6-7H2,1-3H3/b5-4+/t9-/m1/s1. The van der Waals surface area contributed by atoms with Crippen molar-refractivity contribution in [3.8, 4) is 0 Å². The fourth-order valence-corrected chi connectivity index (χ4v) is 1.06. The van der Waals surface area contributed by atoms with Crippen LogP contribution in [0.2, 0.25) is 0 Å². The van der Waals surface area contributed by atoms with Crippen LogP contribution in [0.5, 0.6) is 0 Å². The lowest BCUT2D eigenvalue weighted by Crippen LogP contribution is -2.12. The first-order chi connectivity index (χ1) is 5.81. The van der Waals surface area contributed by atoms with Crippen molar-refractivity contribution in [1.82, 2.24) is 0 Å². The average Bonchev–Trinajstić information content (AvgIpc) is 1.81. The van der Waals surface area contributed by atoms with E-state index in [2.05, 4.69) is 0 Å². The summed E-state index contributed by atoms with van der Waals surface area (Å²) in [5.41, 5.74) is 0. The Kier molecular flexibility index (Phi) is 5.11. The molecule has 0 spiro atoms.